The number of hydrogen-bond acceptors (Lipinski definition) is 18. The molecule has 0 radical (unpaired) electrons. The summed E-state index contributed by atoms with van der Waals surface area (Å²) in [5, 5.41) is 64.6. The average molecular weight is 1240 g/mol. The van der Waals surface area contributed by atoms with Crippen LogP contribution in [0.1, 0.15) is 79.2 Å². The fourth-order valence-electron chi connectivity index (χ4n) is 12.0. The number of amides is 4. The number of carbonyl (C=O) groups is 6. The number of imide groups is 2. The zero-order valence-electron chi connectivity index (χ0n) is 49.0. The molecule has 4 amide bonds. The summed E-state index contributed by atoms with van der Waals surface area (Å²) in [4.78, 5) is 94.7. The Hall–Kier alpha value is -12.1. The maximum atomic E-state index is 16.0. The van der Waals surface area contributed by atoms with E-state index in [1.807, 2.05) is 0 Å². The van der Waals surface area contributed by atoms with Crippen molar-refractivity contribution in [3.8, 4) is 80.5 Å². The van der Waals surface area contributed by atoms with E-state index in [0.29, 0.717) is 24.0 Å². The van der Waals surface area contributed by atoms with Gasteiger partial charge in [-0.25, -0.2) is 9.59 Å². The van der Waals surface area contributed by atoms with Crippen LogP contribution < -0.4 is 18.9 Å². The van der Waals surface area contributed by atoms with Crippen LogP contribution in [-0.2, 0) is 31.9 Å². The Labute approximate surface area is 522 Å². The number of nitrogens with zero attached hydrogens (tertiary/aromatic N) is 2. The van der Waals surface area contributed by atoms with Crippen LogP contribution in [0.4, 0.5) is 0 Å². The molecule has 2 aliphatic heterocycles. The van der Waals surface area contributed by atoms with Gasteiger partial charge in [0.05, 0.1) is 35.5 Å². The van der Waals surface area contributed by atoms with E-state index in [4.69, 9.17) is 28.4 Å². The van der Waals surface area contributed by atoms with Crippen LogP contribution in [0.25, 0.3) is 43.1 Å². The van der Waals surface area contributed by atoms with E-state index >= 15 is 19.2 Å². The smallest absolute Gasteiger partial charge is 0.329 e. The van der Waals surface area contributed by atoms with Gasteiger partial charge in [0.25, 0.3) is 23.6 Å². The van der Waals surface area contributed by atoms with Crippen molar-refractivity contribution in [2.75, 3.05) is 13.2 Å². The maximum Gasteiger partial charge on any atom is 0.329 e. The monoisotopic (exact) mass is 1230 g/mol. The lowest BCUT2D eigenvalue weighted by atomic mass is 9.80. The predicted molar refractivity (Wildman–Crippen MR) is 335 cm³/mol. The number of benzene rings is 11. The third-order valence-corrected chi connectivity index (χ3v) is 15.9. The van der Waals surface area contributed by atoms with Crippen molar-refractivity contribution >= 4 is 78.7 Å². The summed E-state index contributed by atoms with van der Waals surface area (Å²) in [6, 6.07) is 36.8. The molecule has 0 saturated heterocycles. The highest BCUT2D eigenvalue weighted by atomic mass is 16.5. The summed E-state index contributed by atoms with van der Waals surface area (Å²) in [6.07, 6.45) is 0.234. The Morgan fingerprint density at radius 1 is 0.348 bits per heavy atom. The first-order valence-electron chi connectivity index (χ1n) is 29.3. The second kappa shape index (κ2) is 23.8. The molecule has 0 spiro atoms. The fraction of sp³-hybridized carbons (Fsp3) is 0.139. The van der Waals surface area contributed by atoms with Crippen molar-refractivity contribution in [3.05, 3.63) is 203 Å². The summed E-state index contributed by atoms with van der Waals surface area (Å²) in [7, 11) is 0. The number of phenolic OH excluding ortho intramolecular Hbond substituents is 6. The van der Waals surface area contributed by atoms with Crippen molar-refractivity contribution in [3.63, 3.8) is 0 Å². The molecule has 11 aromatic rings. The van der Waals surface area contributed by atoms with E-state index in [1.165, 1.54) is 170 Å². The first kappa shape index (κ1) is 58.9. The molecule has 2 atom stereocenters. The van der Waals surface area contributed by atoms with E-state index in [0.717, 1.165) is 9.80 Å². The summed E-state index contributed by atoms with van der Waals surface area (Å²) in [5.74, 6) is -7.50. The van der Waals surface area contributed by atoms with E-state index in [-0.39, 0.29) is 172 Å². The molecule has 13 rings (SSSR count). The zero-order chi connectivity index (χ0) is 64.2. The molecule has 2 heterocycles. The third-order valence-electron chi connectivity index (χ3n) is 15.9. The van der Waals surface area contributed by atoms with E-state index in [1.54, 1.807) is 13.8 Å². The van der Waals surface area contributed by atoms with Gasteiger partial charge < -0.3 is 59.1 Å². The van der Waals surface area contributed by atoms with Crippen LogP contribution in [0, 0.1) is 0 Å². The van der Waals surface area contributed by atoms with Gasteiger partial charge in [-0.1, -0.05) is 62.4 Å². The van der Waals surface area contributed by atoms with Gasteiger partial charge in [0.1, 0.15) is 92.6 Å². The summed E-state index contributed by atoms with van der Waals surface area (Å²) in [5.41, 5.74) is 0.0827. The summed E-state index contributed by atoms with van der Waals surface area (Å²) >= 11 is 0. The Kier molecular flexibility index (Phi) is 15.2. The van der Waals surface area contributed by atoms with Crippen LogP contribution in [0.5, 0.6) is 80.5 Å². The van der Waals surface area contributed by atoms with Crippen LogP contribution >= 0.6 is 0 Å². The summed E-state index contributed by atoms with van der Waals surface area (Å²) < 4.78 is 39.0. The van der Waals surface area contributed by atoms with Gasteiger partial charge in [-0.05, 0) is 121 Å². The van der Waals surface area contributed by atoms with Gasteiger partial charge in [-0.2, -0.15) is 0 Å². The van der Waals surface area contributed by atoms with Gasteiger partial charge >= 0.3 is 11.9 Å². The number of rotatable bonds is 20. The number of phenols is 6. The number of carbonyl (C=O) groups excluding carboxylic acids is 6. The molecule has 0 saturated carbocycles. The van der Waals surface area contributed by atoms with Gasteiger partial charge in [-0.3, -0.25) is 29.0 Å². The van der Waals surface area contributed by atoms with Gasteiger partial charge in [0, 0.05) is 80.2 Å². The Morgan fingerprint density at radius 3 is 0.870 bits per heavy atom. The van der Waals surface area contributed by atoms with E-state index in [2.05, 4.69) is 0 Å². The van der Waals surface area contributed by atoms with Crippen molar-refractivity contribution in [1.82, 2.24) is 9.80 Å². The number of hydrogen-bond donors (Lipinski definition) is 6. The van der Waals surface area contributed by atoms with Crippen LogP contribution in [-0.4, -0.2) is 101 Å². The van der Waals surface area contributed by atoms with Crippen LogP contribution in [0.2, 0.25) is 0 Å². The molecule has 20 nitrogen and oxygen atoms in total. The standard InChI is InChI=1S/C72H54N2O18/c1-3-25-87-71(85)53(27-37-17-21-39(75)22-18-37)73-67(81)49-33-55(89-45-13-5-9-41(77)29-45)61-63-57(91-47-15-7-11-43(79)31-47)35-51-60-52(70(84)74(69(51)83)54(72(86)88-26-4-2)28-38-19-23-40(76)24-20-38)36-58(92-48-16-8-12-44(80)32-48)64(66(60)63)62-56(90-46-14-6-10-42(78)30-46)34-50(68(73)82)59(49)65(61)62/h5-24,29-36,53-54,75-80H,3-4,25-28H2,1-2H3. The second-order valence-electron chi connectivity index (χ2n) is 22.2. The molecule has 11 aromatic carbocycles. The Balaban J connectivity index is 1.20. The average Bonchev–Trinajstić information content (AvgIpc) is 0.673. The van der Waals surface area contributed by atoms with Crippen molar-refractivity contribution in [2.24, 2.45) is 0 Å². The van der Waals surface area contributed by atoms with Crippen LogP contribution in [0.3, 0.4) is 0 Å². The zero-order valence-corrected chi connectivity index (χ0v) is 49.0. The second-order valence-corrected chi connectivity index (χ2v) is 22.2. The van der Waals surface area contributed by atoms with Gasteiger partial charge in [-0.15, -0.1) is 0 Å². The van der Waals surface area contributed by atoms with Crippen molar-refractivity contribution < 1.29 is 87.8 Å². The highest BCUT2D eigenvalue weighted by Gasteiger charge is 2.47. The first-order valence-corrected chi connectivity index (χ1v) is 29.3. The lowest BCUT2D eigenvalue weighted by Crippen LogP contribution is -2.52. The molecule has 2 unspecified atom stereocenters. The molecule has 460 valence electrons. The van der Waals surface area contributed by atoms with Gasteiger partial charge in [0.15, 0.2) is 0 Å². The molecule has 92 heavy (non-hydrogen) atoms. The highest BCUT2D eigenvalue weighted by molar-refractivity contribution is 6.45. The minimum atomic E-state index is -1.63. The van der Waals surface area contributed by atoms with E-state index < -0.39 is 47.7 Å². The number of esters is 2. The van der Waals surface area contributed by atoms with Crippen LogP contribution in [0.15, 0.2) is 170 Å². The minimum absolute atomic E-state index is 0.0128. The molecule has 0 aliphatic carbocycles. The molecule has 0 bridgehead atoms. The largest absolute Gasteiger partial charge is 0.508 e. The minimum Gasteiger partial charge on any atom is -0.508 e. The normalized spacial score (nSPS) is 13.5. The Morgan fingerprint density at radius 2 is 0.620 bits per heavy atom. The lowest BCUT2D eigenvalue weighted by Gasteiger charge is -2.35. The third kappa shape index (κ3) is 10.7. The highest BCUT2D eigenvalue weighted by Crippen LogP contribution is 2.58. The predicted octanol–water partition coefficient (Wildman–Crippen LogP) is 13.5. The molecule has 6 N–H and O–H groups in total. The lowest BCUT2D eigenvalue weighted by molar-refractivity contribution is -0.149. The topological polar surface area (TPSA) is 286 Å². The van der Waals surface area contributed by atoms with Crippen molar-refractivity contribution in [1.29, 1.82) is 0 Å². The number of ether oxygens (including phenoxy) is 6. The SMILES string of the molecule is CCCOC(=O)C(Cc1ccc(O)cc1)N1C(=O)c2cc(Oc3cccc(O)c3)c3c4c(Oc5cccc(O)c5)cc5c6c(cc(Oc7cccc(O)c7)c(c7c(Oc8cccc(O)c8)cc(c2c37)C1=O)c64)C(=O)N(C(Cc1ccc(O)cc1)C(=O)OCCC)C5=O. The number of fused-ring (bicyclic) bond motifs is 2. The van der Waals surface area contributed by atoms with Crippen molar-refractivity contribution in [2.45, 2.75) is 51.6 Å². The fourth-order valence-corrected chi connectivity index (χ4v) is 12.0. The molecule has 20 heteroatoms. The van der Waals surface area contributed by atoms with Gasteiger partial charge in [0.2, 0.25) is 0 Å². The first-order chi connectivity index (χ1) is 44.5. The molecule has 0 fully saturated rings. The summed E-state index contributed by atoms with van der Waals surface area (Å²) in [6.45, 7) is 3.41. The molecular formula is C72H54N2O18. The number of aromatic hydroxyl groups is 6. The molecule has 0 aromatic heterocycles. The maximum absolute atomic E-state index is 16.0. The molecule has 2 aliphatic rings. The molecular weight excluding hydrogens is 1180 g/mol. The quantitative estimate of drug-likeness (QED) is 0.0179. The Bertz CT molecular complexity index is 4330. The van der Waals surface area contributed by atoms with E-state index in [9.17, 15) is 40.2 Å².